The van der Waals surface area contributed by atoms with Crippen molar-refractivity contribution in [1.29, 1.82) is 0 Å². The lowest BCUT2D eigenvalue weighted by atomic mass is 9.96. The zero-order valence-corrected chi connectivity index (χ0v) is 19.8. The molecule has 1 N–H and O–H groups in total. The molecule has 31 heavy (non-hydrogen) atoms. The van der Waals surface area contributed by atoms with Crippen molar-refractivity contribution in [3.63, 3.8) is 0 Å². The van der Waals surface area contributed by atoms with Crippen molar-refractivity contribution in [2.75, 3.05) is 0 Å². The van der Waals surface area contributed by atoms with Crippen molar-refractivity contribution in [3.05, 3.63) is 47.5 Å². The molecule has 0 saturated heterocycles. The van der Waals surface area contributed by atoms with Crippen LogP contribution in [0.4, 0.5) is 0 Å². The SMILES string of the molecule is CCCCCCCCCCCCCCCCCCc1cccc2c(C(=O)O)cccc12. The van der Waals surface area contributed by atoms with E-state index in [0.717, 1.165) is 17.2 Å². The van der Waals surface area contributed by atoms with Crippen molar-refractivity contribution in [2.45, 2.75) is 116 Å². The summed E-state index contributed by atoms with van der Waals surface area (Å²) in [5.74, 6) is -0.842. The first-order chi connectivity index (χ1) is 15.2. The summed E-state index contributed by atoms with van der Waals surface area (Å²) in [5, 5.41) is 11.4. The molecule has 0 bridgehead atoms. The number of hydrogen-bond acceptors (Lipinski definition) is 1. The van der Waals surface area contributed by atoms with E-state index >= 15 is 0 Å². The number of carboxylic acid groups (broad SMARTS) is 1. The smallest absolute Gasteiger partial charge is 0.336 e. The van der Waals surface area contributed by atoms with Gasteiger partial charge < -0.3 is 5.11 Å². The zero-order valence-electron chi connectivity index (χ0n) is 19.8. The van der Waals surface area contributed by atoms with E-state index in [1.54, 1.807) is 6.07 Å². The molecule has 0 aromatic heterocycles. The maximum Gasteiger partial charge on any atom is 0.336 e. The van der Waals surface area contributed by atoms with Crippen LogP contribution in [0.3, 0.4) is 0 Å². The van der Waals surface area contributed by atoms with Crippen LogP contribution in [0, 0.1) is 0 Å². The molecule has 0 aliphatic carbocycles. The van der Waals surface area contributed by atoms with E-state index in [9.17, 15) is 9.90 Å². The van der Waals surface area contributed by atoms with Gasteiger partial charge in [0.05, 0.1) is 5.56 Å². The van der Waals surface area contributed by atoms with Crippen LogP contribution in [-0.2, 0) is 6.42 Å². The number of unbranched alkanes of at least 4 members (excludes halogenated alkanes) is 15. The average molecular weight is 425 g/mol. The Morgan fingerprint density at radius 3 is 1.58 bits per heavy atom. The highest BCUT2D eigenvalue weighted by atomic mass is 16.4. The van der Waals surface area contributed by atoms with Gasteiger partial charge in [0, 0.05) is 0 Å². The van der Waals surface area contributed by atoms with Gasteiger partial charge in [0.15, 0.2) is 0 Å². The standard InChI is InChI=1S/C29H44O2/c1-2-3-4-5-6-7-8-9-10-11-12-13-14-15-16-17-20-25-21-18-23-27-26(25)22-19-24-28(27)29(30)31/h18-19,21-24H,2-17,20H2,1H3,(H,30,31). The normalized spacial score (nSPS) is 11.3. The van der Waals surface area contributed by atoms with Crippen LogP contribution in [0.1, 0.15) is 126 Å². The van der Waals surface area contributed by atoms with Gasteiger partial charge in [-0.2, -0.15) is 0 Å². The molecule has 0 aliphatic heterocycles. The number of fused-ring (bicyclic) bond motifs is 1. The van der Waals surface area contributed by atoms with E-state index < -0.39 is 5.97 Å². The number of aryl methyl sites for hydroxylation is 1. The maximum atomic E-state index is 11.4. The summed E-state index contributed by atoms with van der Waals surface area (Å²) in [7, 11) is 0. The lowest BCUT2D eigenvalue weighted by Gasteiger charge is -2.09. The number of carbonyl (C=O) groups is 1. The van der Waals surface area contributed by atoms with Crippen molar-refractivity contribution in [1.82, 2.24) is 0 Å². The molecule has 0 fully saturated rings. The third kappa shape index (κ3) is 9.89. The molecule has 0 heterocycles. The Hall–Kier alpha value is -1.83. The first-order valence-corrected chi connectivity index (χ1v) is 13.0. The van der Waals surface area contributed by atoms with Gasteiger partial charge in [0.2, 0.25) is 0 Å². The Morgan fingerprint density at radius 1 is 0.613 bits per heavy atom. The quantitative estimate of drug-likeness (QED) is 0.242. The van der Waals surface area contributed by atoms with E-state index in [2.05, 4.69) is 19.1 Å². The lowest BCUT2D eigenvalue weighted by molar-refractivity contribution is 0.0699. The number of rotatable bonds is 18. The van der Waals surface area contributed by atoms with Crippen LogP contribution in [-0.4, -0.2) is 11.1 Å². The van der Waals surface area contributed by atoms with E-state index in [0.29, 0.717) is 5.56 Å². The molecule has 0 unspecified atom stereocenters. The van der Waals surface area contributed by atoms with Crippen LogP contribution >= 0.6 is 0 Å². The molecule has 0 saturated carbocycles. The highest BCUT2D eigenvalue weighted by Crippen LogP contribution is 2.24. The molecule has 2 heteroatoms. The van der Waals surface area contributed by atoms with Crippen molar-refractivity contribution < 1.29 is 9.90 Å². The molecule has 0 spiro atoms. The summed E-state index contributed by atoms with van der Waals surface area (Å²) < 4.78 is 0. The van der Waals surface area contributed by atoms with Crippen molar-refractivity contribution in [3.8, 4) is 0 Å². The molecule has 2 aromatic carbocycles. The highest BCUT2D eigenvalue weighted by molar-refractivity contribution is 6.04. The Labute approximate surface area is 190 Å². The Kier molecular flexibility index (Phi) is 13.0. The first kappa shape index (κ1) is 25.4. The number of carboxylic acids is 1. The van der Waals surface area contributed by atoms with Crippen LogP contribution in [0.25, 0.3) is 10.8 Å². The van der Waals surface area contributed by atoms with Gasteiger partial charge in [-0.1, -0.05) is 134 Å². The molecule has 0 atom stereocenters. The van der Waals surface area contributed by atoms with E-state index in [1.807, 2.05) is 18.2 Å². The van der Waals surface area contributed by atoms with E-state index in [1.165, 1.54) is 108 Å². The molecule has 0 amide bonds. The Balaban J connectivity index is 1.48. The number of benzene rings is 2. The van der Waals surface area contributed by atoms with Crippen molar-refractivity contribution in [2.24, 2.45) is 0 Å². The summed E-state index contributed by atoms with van der Waals surface area (Å²) in [6.07, 6.45) is 23.2. The monoisotopic (exact) mass is 424 g/mol. The highest BCUT2D eigenvalue weighted by Gasteiger charge is 2.09. The number of aromatic carboxylic acids is 1. The largest absolute Gasteiger partial charge is 0.478 e. The fourth-order valence-corrected chi connectivity index (χ4v) is 4.64. The van der Waals surface area contributed by atoms with Crippen molar-refractivity contribution >= 4 is 16.7 Å². The molecule has 0 radical (unpaired) electrons. The summed E-state index contributed by atoms with van der Waals surface area (Å²) in [6, 6.07) is 11.7. The fourth-order valence-electron chi connectivity index (χ4n) is 4.64. The molecule has 172 valence electrons. The second-order valence-electron chi connectivity index (χ2n) is 9.18. The van der Waals surface area contributed by atoms with E-state index in [-0.39, 0.29) is 0 Å². The van der Waals surface area contributed by atoms with Gasteiger partial charge in [-0.25, -0.2) is 4.79 Å². The molecule has 2 rings (SSSR count). The summed E-state index contributed by atoms with van der Waals surface area (Å²) >= 11 is 0. The second-order valence-corrected chi connectivity index (χ2v) is 9.18. The average Bonchev–Trinajstić information content (AvgIpc) is 2.78. The van der Waals surface area contributed by atoms with Gasteiger partial charge >= 0.3 is 5.97 Å². The minimum Gasteiger partial charge on any atom is -0.478 e. The first-order valence-electron chi connectivity index (χ1n) is 13.0. The summed E-state index contributed by atoms with van der Waals surface area (Å²) in [6.45, 7) is 2.28. The molecule has 0 aliphatic rings. The maximum absolute atomic E-state index is 11.4. The van der Waals surface area contributed by atoms with Crippen LogP contribution in [0.15, 0.2) is 36.4 Å². The Morgan fingerprint density at radius 2 is 1.06 bits per heavy atom. The fraction of sp³-hybridized carbons (Fsp3) is 0.621. The zero-order chi connectivity index (χ0) is 22.2. The third-order valence-corrected chi connectivity index (χ3v) is 6.54. The Bertz CT molecular complexity index is 749. The number of hydrogen-bond donors (Lipinski definition) is 1. The summed E-state index contributed by atoms with van der Waals surface area (Å²) in [5.41, 5.74) is 1.69. The molecular formula is C29H44O2. The predicted molar refractivity (Wildman–Crippen MR) is 134 cm³/mol. The minimum absolute atomic E-state index is 0.409. The lowest BCUT2D eigenvalue weighted by Crippen LogP contribution is -1.98. The molecular weight excluding hydrogens is 380 g/mol. The van der Waals surface area contributed by atoms with Gasteiger partial charge in [-0.05, 0) is 35.2 Å². The minimum atomic E-state index is -0.842. The van der Waals surface area contributed by atoms with Crippen LogP contribution in [0.2, 0.25) is 0 Å². The molecule has 2 aromatic rings. The van der Waals surface area contributed by atoms with Gasteiger partial charge in [0.25, 0.3) is 0 Å². The van der Waals surface area contributed by atoms with Gasteiger partial charge in [-0.15, -0.1) is 0 Å². The third-order valence-electron chi connectivity index (χ3n) is 6.54. The van der Waals surface area contributed by atoms with Crippen LogP contribution in [0.5, 0.6) is 0 Å². The van der Waals surface area contributed by atoms with Crippen LogP contribution < -0.4 is 0 Å². The second kappa shape index (κ2) is 15.9. The van der Waals surface area contributed by atoms with E-state index in [4.69, 9.17) is 0 Å². The molecule has 2 nitrogen and oxygen atoms in total. The predicted octanol–water partition coefficient (Wildman–Crippen LogP) is 9.34. The topological polar surface area (TPSA) is 37.3 Å². The van der Waals surface area contributed by atoms with Gasteiger partial charge in [-0.3, -0.25) is 0 Å². The van der Waals surface area contributed by atoms with Gasteiger partial charge in [0.1, 0.15) is 0 Å². The summed E-state index contributed by atoms with van der Waals surface area (Å²) in [4.78, 5) is 11.4.